The number of nitro groups is 1. The summed E-state index contributed by atoms with van der Waals surface area (Å²) in [7, 11) is 1.47. The molecule has 4 rings (SSSR count). The maximum absolute atomic E-state index is 11.0. The van der Waals surface area contributed by atoms with Crippen LogP contribution in [0.3, 0.4) is 0 Å². The van der Waals surface area contributed by atoms with Crippen molar-refractivity contribution >= 4 is 16.7 Å². The number of aryl methyl sites for hydroxylation is 2. The number of nitrogens with one attached hydrogen (secondary N) is 1. The van der Waals surface area contributed by atoms with Crippen molar-refractivity contribution < 1.29 is 14.1 Å². The number of furan rings is 1. The first-order valence-electron chi connectivity index (χ1n) is 8.36. The SMILES string of the molecule is COc1cc([N+](=O)[O-])ccc1-c1ccc(-c2nc3c(C)cc(C)cc3[nH]2)o1. The fraction of sp³-hybridized carbons (Fsp3) is 0.150. The normalized spacial score (nSPS) is 11.1. The molecule has 0 aliphatic carbocycles. The van der Waals surface area contributed by atoms with Crippen molar-refractivity contribution in [2.75, 3.05) is 7.11 Å². The van der Waals surface area contributed by atoms with E-state index in [4.69, 9.17) is 9.15 Å². The second-order valence-electron chi connectivity index (χ2n) is 6.37. The molecule has 2 aromatic carbocycles. The number of nitro benzene ring substituents is 1. The van der Waals surface area contributed by atoms with E-state index >= 15 is 0 Å². The first kappa shape index (κ1) is 16.8. The molecule has 2 aromatic heterocycles. The summed E-state index contributed by atoms with van der Waals surface area (Å²) >= 11 is 0. The molecule has 0 saturated carbocycles. The Morgan fingerprint density at radius 1 is 1.11 bits per heavy atom. The van der Waals surface area contributed by atoms with Crippen LogP contribution < -0.4 is 4.74 Å². The number of methoxy groups -OCH3 is 1. The van der Waals surface area contributed by atoms with Gasteiger partial charge in [0.25, 0.3) is 5.69 Å². The van der Waals surface area contributed by atoms with E-state index in [0.717, 1.165) is 22.2 Å². The molecule has 0 unspecified atom stereocenters. The van der Waals surface area contributed by atoms with Crippen molar-refractivity contribution in [2.24, 2.45) is 0 Å². The lowest BCUT2D eigenvalue weighted by Crippen LogP contribution is -1.92. The molecule has 0 bridgehead atoms. The number of non-ortho nitro benzene ring substituents is 1. The van der Waals surface area contributed by atoms with Gasteiger partial charge in [0, 0.05) is 6.07 Å². The Morgan fingerprint density at radius 2 is 1.89 bits per heavy atom. The molecule has 7 heteroatoms. The largest absolute Gasteiger partial charge is 0.496 e. The third-order valence-corrected chi connectivity index (χ3v) is 4.42. The summed E-state index contributed by atoms with van der Waals surface area (Å²) in [6, 6.07) is 12.2. The Labute approximate surface area is 154 Å². The fourth-order valence-electron chi connectivity index (χ4n) is 3.19. The minimum Gasteiger partial charge on any atom is -0.496 e. The fourth-order valence-corrected chi connectivity index (χ4v) is 3.19. The van der Waals surface area contributed by atoms with Gasteiger partial charge in [0.05, 0.1) is 34.7 Å². The lowest BCUT2D eigenvalue weighted by molar-refractivity contribution is -0.384. The van der Waals surface area contributed by atoms with E-state index in [0.29, 0.717) is 28.7 Å². The highest BCUT2D eigenvalue weighted by Gasteiger charge is 2.17. The van der Waals surface area contributed by atoms with Crippen molar-refractivity contribution in [3.63, 3.8) is 0 Å². The lowest BCUT2D eigenvalue weighted by atomic mass is 10.1. The Morgan fingerprint density at radius 3 is 2.63 bits per heavy atom. The molecule has 0 fully saturated rings. The predicted octanol–water partition coefficient (Wildman–Crippen LogP) is 5.02. The molecule has 1 N–H and O–H groups in total. The van der Waals surface area contributed by atoms with Crippen molar-refractivity contribution in [1.29, 1.82) is 0 Å². The van der Waals surface area contributed by atoms with Gasteiger partial charge >= 0.3 is 0 Å². The van der Waals surface area contributed by atoms with Crippen molar-refractivity contribution in [2.45, 2.75) is 13.8 Å². The van der Waals surface area contributed by atoms with Gasteiger partial charge in [-0.2, -0.15) is 0 Å². The highest BCUT2D eigenvalue weighted by molar-refractivity contribution is 5.82. The second kappa shape index (κ2) is 6.28. The van der Waals surface area contributed by atoms with Crippen LogP contribution in [0, 0.1) is 24.0 Å². The maximum Gasteiger partial charge on any atom is 0.273 e. The van der Waals surface area contributed by atoms with Gasteiger partial charge in [0.2, 0.25) is 0 Å². The number of hydrogen-bond donors (Lipinski definition) is 1. The molecule has 0 aliphatic heterocycles. The number of aromatic nitrogens is 2. The summed E-state index contributed by atoms with van der Waals surface area (Å²) in [5.41, 5.74) is 4.71. The smallest absolute Gasteiger partial charge is 0.273 e. The van der Waals surface area contributed by atoms with Crippen LogP contribution in [0.2, 0.25) is 0 Å². The third-order valence-electron chi connectivity index (χ3n) is 4.42. The summed E-state index contributed by atoms with van der Waals surface area (Å²) < 4.78 is 11.2. The van der Waals surface area contributed by atoms with Gasteiger partial charge < -0.3 is 14.1 Å². The molecule has 0 radical (unpaired) electrons. The summed E-state index contributed by atoms with van der Waals surface area (Å²) in [5, 5.41) is 11.0. The van der Waals surface area contributed by atoms with Crippen molar-refractivity contribution in [3.05, 3.63) is 63.7 Å². The highest BCUT2D eigenvalue weighted by Crippen LogP contribution is 2.36. The number of benzene rings is 2. The zero-order valence-corrected chi connectivity index (χ0v) is 15.1. The zero-order chi connectivity index (χ0) is 19.1. The molecule has 0 aliphatic rings. The van der Waals surface area contributed by atoms with E-state index in [-0.39, 0.29) is 5.69 Å². The summed E-state index contributed by atoms with van der Waals surface area (Å²) in [6.45, 7) is 4.06. The molecule has 2 heterocycles. The quantitative estimate of drug-likeness (QED) is 0.406. The number of rotatable bonds is 4. The monoisotopic (exact) mass is 363 g/mol. The van der Waals surface area contributed by atoms with Gasteiger partial charge in [-0.25, -0.2) is 4.98 Å². The number of ether oxygens (including phenoxy) is 1. The average Bonchev–Trinajstić information content (AvgIpc) is 3.27. The van der Waals surface area contributed by atoms with E-state index in [1.807, 2.05) is 26.0 Å². The molecule has 0 atom stereocenters. The highest BCUT2D eigenvalue weighted by atomic mass is 16.6. The van der Waals surface area contributed by atoms with Gasteiger partial charge in [-0.15, -0.1) is 0 Å². The Kier molecular flexibility index (Phi) is 3.92. The average molecular weight is 363 g/mol. The Balaban J connectivity index is 1.76. The number of fused-ring (bicyclic) bond motifs is 1. The molecular weight excluding hydrogens is 346 g/mol. The van der Waals surface area contributed by atoms with E-state index in [1.165, 1.54) is 19.2 Å². The van der Waals surface area contributed by atoms with Crippen molar-refractivity contribution in [3.8, 4) is 28.7 Å². The van der Waals surface area contributed by atoms with Crippen molar-refractivity contribution in [1.82, 2.24) is 9.97 Å². The van der Waals surface area contributed by atoms with Crippen LogP contribution in [0.4, 0.5) is 5.69 Å². The van der Waals surface area contributed by atoms with Crippen LogP contribution in [-0.4, -0.2) is 22.0 Å². The first-order valence-corrected chi connectivity index (χ1v) is 8.36. The van der Waals surface area contributed by atoms with Gasteiger partial charge in [-0.1, -0.05) is 6.07 Å². The van der Waals surface area contributed by atoms with Crippen LogP contribution in [-0.2, 0) is 0 Å². The molecule has 7 nitrogen and oxygen atoms in total. The Bertz CT molecular complexity index is 1170. The topological polar surface area (TPSA) is 94.2 Å². The van der Waals surface area contributed by atoms with Crippen LogP contribution >= 0.6 is 0 Å². The number of hydrogen-bond acceptors (Lipinski definition) is 5. The summed E-state index contributed by atoms with van der Waals surface area (Å²) in [4.78, 5) is 18.4. The van der Waals surface area contributed by atoms with Gasteiger partial charge in [-0.3, -0.25) is 10.1 Å². The number of aromatic amines is 1. The van der Waals surface area contributed by atoms with Crippen LogP contribution in [0.5, 0.6) is 5.75 Å². The lowest BCUT2D eigenvalue weighted by Gasteiger charge is -2.05. The molecule has 4 aromatic rings. The van der Waals surface area contributed by atoms with E-state index in [9.17, 15) is 10.1 Å². The van der Waals surface area contributed by atoms with Crippen LogP contribution in [0.1, 0.15) is 11.1 Å². The number of H-pyrrole nitrogens is 1. The minimum absolute atomic E-state index is 0.0366. The number of imidazole rings is 1. The molecular formula is C20H17N3O4. The predicted molar refractivity (Wildman–Crippen MR) is 102 cm³/mol. The van der Waals surface area contributed by atoms with Gasteiger partial charge in [-0.05, 0) is 49.2 Å². The summed E-state index contributed by atoms with van der Waals surface area (Å²) in [6.07, 6.45) is 0. The zero-order valence-electron chi connectivity index (χ0n) is 15.1. The second-order valence-corrected chi connectivity index (χ2v) is 6.37. The molecule has 0 saturated heterocycles. The van der Waals surface area contributed by atoms with E-state index in [2.05, 4.69) is 16.0 Å². The summed E-state index contributed by atoms with van der Waals surface area (Å²) in [5.74, 6) is 2.13. The standard InChI is InChI=1S/C20H17N3O4/c1-11-8-12(2)19-15(9-11)21-20(22-19)17-7-6-16(27-17)14-5-4-13(23(24)25)10-18(14)26-3/h4-10H,1-3H3,(H,21,22). The molecule has 136 valence electrons. The third kappa shape index (κ3) is 2.93. The van der Waals surface area contributed by atoms with Gasteiger partial charge in [0.1, 0.15) is 11.5 Å². The molecule has 0 spiro atoms. The van der Waals surface area contributed by atoms with E-state index in [1.54, 1.807) is 12.1 Å². The minimum atomic E-state index is -0.460. The maximum atomic E-state index is 11.0. The number of nitrogens with zero attached hydrogens (tertiary/aromatic N) is 2. The molecule has 0 amide bonds. The molecule has 27 heavy (non-hydrogen) atoms. The van der Waals surface area contributed by atoms with Gasteiger partial charge in [0.15, 0.2) is 11.6 Å². The van der Waals surface area contributed by atoms with Crippen LogP contribution in [0.15, 0.2) is 46.9 Å². The van der Waals surface area contributed by atoms with E-state index < -0.39 is 4.92 Å². The first-order chi connectivity index (χ1) is 13.0. The van der Waals surface area contributed by atoms with Crippen LogP contribution in [0.25, 0.3) is 33.9 Å². The Hall–Kier alpha value is -3.61.